The van der Waals surface area contributed by atoms with Crippen molar-refractivity contribution in [2.45, 2.75) is 50.0 Å². The summed E-state index contributed by atoms with van der Waals surface area (Å²) in [6, 6.07) is 6.66. The van der Waals surface area contributed by atoms with E-state index in [0.29, 0.717) is 11.8 Å². The van der Waals surface area contributed by atoms with Gasteiger partial charge in [0.15, 0.2) is 0 Å². The molecular weight excluding hydrogens is 260 g/mol. The Balaban J connectivity index is 1.78. The molecule has 5 rings (SSSR count). The number of benzene rings is 1. The lowest BCUT2D eigenvalue weighted by atomic mass is 9.64. The number of allylic oxidation sites excluding steroid dienone is 1. The van der Waals surface area contributed by atoms with Crippen LogP contribution in [0.15, 0.2) is 30.4 Å². The van der Waals surface area contributed by atoms with Gasteiger partial charge in [-0.1, -0.05) is 36.8 Å². The number of esters is 1. The summed E-state index contributed by atoms with van der Waals surface area (Å²) in [6.45, 7) is 0. The van der Waals surface area contributed by atoms with Gasteiger partial charge < -0.3 is 4.74 Å². The Morgan fingerprint density at radius 3 is 3.05 bits per heavy atom. The first-order valence-corrected chi connectivity index (χ1v) is 8.30. The molecule has 2 fully saturated rings. The Morgan fingerprint density at radius 1 is 1.19 bits per heavy atom. The van der Waals surface area contributed by atoms with Crippen LogP contribution in [0.4, 0.5) is 0 Å². The van der Waals surface area contributed by atoms with Gasteiger partial charge in [-0.2, -0.15) is 0 Å². The molecule has 2 nitrogen and oxygen atoms in total. The molecule has 1 aromatic carbocycles. The van der Waals surface area contributed by atoms with Gasteiger partial charge in [0.2, 0.25) is 0 Å². The number of ether oxygens (including phenoxy) is 1. The Labute approximate surface area is 125 Å². The van der Waals surface area contributed by atoms with E-state index in [2.05, 4.69) is 30.4 Å². The molecule has 21 heavy (non-hydrogen) atoms. The van der Waals surface area contributed by atoms with Crippen LogP contribution in [-0.4, -0.2) is 11.6 Å². The lowest BCUT2D eigenvalue weighted by Gasteiger charge is -2.43. The van der Waals surface area contributed by atoms with E-state index in [1.165, 1.54) is 29.5 Å². The molecule has 0 radical (unpaired) electrons. The molecule has 0 aromatic heterocycles. The standard InChI is InChI=1S/C19H20O2/c20-18-14-11-13-7-3-5-12-6-4-9-16(17(12)13)19(21-18)10-2-1-8-15(14)19/h3-5,7,9,14-16H,1-2,6,8,10-11H2/t14-,15-,16?,19-/m0/s1. The summed E-state index contributed by atoms with van der Waals surface area (Å²) in [6.07, 6.45) is 11.2. The number of carbonyl (C=O) groups is 1. The highest BCUT2D eigenvalue weighted by Gasteiger charge is 2.61. The van der Waals surface area contributed by atoms with Crippen LogP contribution < -0.4 is 0 Å². The summed E-state index contributed by atoms with van der Waals surface area (Å²) in [5, 5.41) is 0. The average Bonchev–Trinajstić information content (AvgIpc) is 2.72. The molecule has 108 valence electrons. The van der Waals surface area contributed by atoms with Gasteiger partial charge >= 0.3 is 5.97 Å². The SMILES string of the molecule is O=C1O[C@@]23CCCC[C@H]2[C@@H]1Cc1cccc2c1C3C=CC2. The van der Waals surface area contributed by atoms with E-state index < -0.39 is 0 Å². The average molecular weight is 280 g/mol. The Bertz CT molecular complexity index is 660. The number of hydrogen-bond donors (Lipinski definition) is 0. The molecule has 3 aliphatic carbocycles. The van der Waals surface area contributed by atoms with Gasteiger partial charge in [0.1, 0.15) is 5.60 Å². The first-order chi connectivity index (χ1) is 10.3. The Morgan fingerprint density at radius 2 is 2.10 bits per heavy atom. The second-order valence-electron chi connectivity index (χ2n) is 7.14. The zero-order valence-corrected chi connectivity index (χ0v) is 12.2. The topological polar surface area (TPSA) is 26.3 Å². The fourth-order valence-electron chi connectivity index (χ4n) is 5.46. The highest BCUT2D eigenvalue weighted by atomic mass is 16.6. The predicted octanol–water partition coefficient (Wildman–Crippen LogP) is 3.54. The van der Waals surface area contributed by atoms with Crippen molar-refractivity contribution in [3.8, 4) is 0 Å². The molecule has 4 atom stereocenters. The van der Waals surface area contributed by atoms with E-state index in [-0.39, 0.29) is 17.5 Å². The van der Waals surface area contributed by atoms with E-state index in [0.717, 1.165) is 25.7 Å². The molecule has 2 heteroatoms. The molecule has 1 heterocycles. The highest BCUT2D eigenvalue weighted by Crippen LogP contribution is 2.58. The molecule has 1 saturated carbocycles. The van der Waals surface area contributed by atoms with E-state index >= 15 is 0 Å². The van der Waals surface area contributed by atoms with Gasteiger partial charge in [0, 0.05) is 11.8 Å². The number of hydrogen-bond acceptors (Lipinski definition) is 2. The van der Waals surface area contributed by atoms with Crippen LogP contribution in [-0.2, 0) is 22.4 Å². The summed E-state index contributed by atoms with van der Waals surface area (Å²) < 4.78 is 6.12. The quantitative estimate of drug-likeness (QED) is 0.537. The minimum atomic E-state index is -0.238. The van der Waals surface area contributed by atoms with Crippen molar-refractivity contribution in [1.82, 2.24) is 0 Å². The molecule has 1 saturated heterocycles. The summed E-state index contributed by atoms with van der Waals surface area (Å²) in [5.74, 6) is 0.874. The van der Waals surface area contributed by atoms with E-state index in [9.17, 15) is 4.79 Å². The van der Waals surface area contributed by atoms with Gasteiger partial charge in [0.25, 0.3) is 0 Å². The van der Waals surface area contributed by atoms with E-state index in [1.54, 1.807) is 0 Å². The van der Waals surface area contributed by atoms with Crippen LogP contribution in [0.3, 0.4) is 0 Å². The van der Waals surface area contributed by atoms with Crippen molar-refractivity contribution in [2.75, 3.05) is 0 Å². The molecule has 1 unspecified atom stereocenters. The minimum absolute atomic E-state index is 0.0666. The van der Waals surface area contributed by atoms with Crippen molar-refractivity contribution in [2.24, 2.45) is 11.8 Å². The molecule has 4 aliphatic rings. The third kappa shape index (κ3) is 1.41. The van der Waals surface area contributed by atoms with Crippen LogP contribution >= 0.6 is 0 Å². The molecule has 1 aromatic rings. The Kier molecular flexibility index (Phi) is 2.29. The smallest absolute Gasteiger partial charge is 0.310 e. The third-order valence-electron chi connectivity index (χ3n) is 6.27. The maximum atomic E-state index is 12.5. The summed E-state index contributed by atoms with van der Waals surface area (Å²) >= 11 is 0. The van der Waals surface area contributed by atoms with Crippen molar-refractivity contribution in [1.29, 1.82) is 0 Å². The molecular formula is C19H20O2. The van der Waals surface area contributed by atoms with Gasteiger partial charge in [-0.25, -0.2) is 0 Å². The zero-order valence-electron chi connectivity index (χ0n) is 12.2. The summed E-state index contributed by atoms with van der Waals surface area (Å²) in [7, 11) is 0. The van der Waals surface area contributed by atoms with Crippen molar-refractivity contribution in [3.63, 3.8) is 0 Å². The van der Waals surface area contributed by atoms with Crippen molar-refractivity contribution < 1.29 is 9.53 Å². The van der Waals surface area contributed by atoms with Crippen molar-refractivity contribution in [3.05, 3.63) is 47.0 Å². The molecule has 1 aliphatic heterocycles. The second-order valence-corrected chi connectivity index (χ2v) is 7.14. The lowest BCUT2D eigenvalue weighted by Crippen LogP contribution is -2.44. The maximum Gasteiger partial charge on any atom is 0.310 e. The number of carbonyl (C=O) groups excluding carboxylic acids is 1. The van der Waals surface area contributed by atoms with E-state index in [1.807, 2.05) is 0 Å². The largest absolute Gasteiger partial charge is 0.458 e. The summed E-state index contributed by atoms with van der Waals surface area (Å²) in [5.41, 5.74) is 4.10. The van der Waals surface area contributed by atoms with Crippen molar-refractivity contribution >= 4 is 5.97 Å². The predicted molar refractivity (Wildman–Crippen MR) is 80.0 cm³/mol. The van der Waals surface area contributed by atoms with Gasteiger partial charge in [-0.05, 0) is 48.8 Å². The minimum Gasteiger partial charge on any atom is -0.458 e. The van der Waals surface area contributed by atoms with Crippen LogP contribution in [0.25, 0.3) is 0 Å². The van der Waals surface area contributed by atoms with Crippen LogP contribution in [0.2, 0.25) is 0 Å². The Hall–Kier alpha value is -1.57. The van der Waals surface area contributed by atoms with Crippen LogP contribution in [0.1, 0.15) is 48.3 Å². The van der Waals surface area contributed by atoms with E-state index in [4.69, 9.17) is 4.74 Å². The third-order valence-corrected chi connectivity index (χ3v) is 6.27. The van der Waals surface area contributed by atoms with Gasteiger partial charge in [0.05, 0.1) is 5.92 Å². The number of rotatable bonds is 0. The fourth-order valence-corrected chi connectivity index (χ4v) is 5.46. The van der Waals surface area contributed by atoms with Crippen LogP contribution in [0.5, 0.6) is 0 Å². The monoisotopic (exact) mass is 280 g/mol. The molecule has 2 bridgehead atoms. The fraction of sp³-hybridized carbons (Fsp3) is 0.526. The van der Waals surface area contributed by atoms with Crippen LogP contribution in [0, 0.1) is 11.8 Å². The molecule has 0 N–H and O–H groups in total. The van der Waals surface area contributed by atoms with Gasteiger partial charge in [-0.3, -0.25) is 4.79 Å². The lowest BCUT2D eigenvalue weighted by molar-refractivity contribution is -0.154. The zero-order chi connectivity index (χ0) is 14.0. The summed E-state index contributed by atoms with van der Waals surface area (Å²) in [4.78, 5) is 12.5. The maximum absolute atomic E-state index is 12.5. The first-order valence-electron chi connectivity index (χ1n) is 8.30. The first kappa shape index (κ1) is 12.0. The second kappa shape index (κ2) is 4.00. The normalized spacial score (nSPS) is 39.2. The molecule has 0 amide bonds. The van der Waals surface area contributed by atoms with Gasteiger partial charge in [-0.15, -0.1) is 0 Å². The highest BCUT2D eigenvalue weighted by molar-refractivity contribution is 5.78. The molecule has 0 spiro atoms.